The number of hydrogen-bond acceptors (Lipinski definition) is 4. The van der Waals surface area contributed by atoms with Gasteiger partial charge in [-0.2, -0.15) is 0 Å². The zero-order valence-corrected chi connectivity index (χ0v) is 15.1. The van der Waals surface area contributed by atoms with Gasteiger partial charge in [0.05, 0.1) is 17.2 Å². The molecule has 6 nitrogen and oxygen atoms in total. The van der Waals surface area contributed by atoms with E-state index in [1.807, 2.05) is 42.5 Å². The van der Waals surface area contributed by atoms with Gasteiger partial charge in [0.15, 0.2) is 0 Å². The number of para-hydroxylation sites is 2. The summed E-state index contributed by atoms with van der Waals surface area (Å²) in [5.41, 5.74) is 3.03. The Morgan fingerprint density at radius 1 is 1.04 bits per heavy atom. The van der Waals surface area contributed by atoms with Crippen molar-refractivity contribution in [1.29, 1.82) is 0 Å². The van der Waals surface area contributed by atoms with Gasteiger partial charge in [0.2, 0.25) is 5.91 Å². The van der Waals surface area contributed by atoms with Crippen molar-refractivity contribution in [2.75, 3.05) is 18.4 Å². The molecule has 1 fully saturated rings. The summed E-state index contributed by atoms with van der Waals surface area (Å²) < 4.78 is 1.44. The summed E-state index contributed by atoms with van der Waals surface area (Å²) in [5, 5.41) is 2.87. The molecule has 2 heterocycles. The van der Waals surface area contributed by atoms with Crippen molar-refractivity contribution in [2.45, 2.75) is 25.9 Å². The number of nitrogens with zero attached hydrogens (tertiary/aromatic N) is 3. The fourth-order valence-electron chi connectivity index (χ4n) is 3.51. The molecule has 6 heteroatoms. The lowest BCUT2D eigenvalue weighted by Gasteiger charge is -2.15. The Kier molecular flexibility index (Phi) is 4.98. The molecule has 0 spiro atoms. The minimum atomic E-state index is -0.287. The second-order valence-electron chi connectivity index (χ2n) is 6.90. The Labute approximate surface area is 157 Å². The highest BCUT2D eigenvalue weighted by Crippen LogP contribution is 2.15. The second kappa shape index (κ2) is 7.72. The molecule has 3 aromatic rings. The Morgan fingerprint density at radius 3 is 2.56 bits per heavy atom. The minimum Gasteiger partial charge on any atom is -0.325 e. The van der Waals surface area contributed by atoms with Crippen LogP contribution in [-0.4, -0.2) is 33.4 Å². The molecule has 27 heavy (non-hydrogen) atoms. The summed E-state index contributed by atoms with van der Waals surface area (Å²) in [4.78, 5) is 31.1. The van der Waals surface area contributed by atoms with Crippen LogP contribution < -0.4 is 10.9 Å². The van der Waals surface area contributed by atoms with E-state index in [-0.39, 0.29) is 18.0 Å². The van der Waals surface area contributed by atoms with Crippen LogP contribution in [0.4, 0.5) is 5.69 Å². The van der Waals surface area contributed by atoms with Crippen LogP contribution in [0.2, 0.25) is 0 Å². The van der Waals surface area contributed by atoms with E-state index in [0.29, 0.717) is 11.0 Å². The Bertz CT molecular complexity index is 1000. The molecular formula is C21H22N4O2. The van der Waals surface area contributed by atoms with Crippen molar-refractivity contribution < 1.29 is 4.79 Å². The van der Waals surface area contributed by atoms with Crippen LogP contribution >= 0.6 is 0 Å². The lowest BCUT2D eigenvalue weighted by molar-refractivity contribution is -0.116. The van der Waals surface area contributed by atoms with E-state index in [1.165, 1.54) is 29.2 Å². The molecule has 1 amide bonds. The number of hydrogen-bond donors (Lipinski definition) is 1. The summed E-state index contributed by atoms with van der Waals surface area (Å²) >= 11 is 0. The first-order valence-electron chi connectivity index (χ1n) is 9.25. The van der Waals surface area contributed by atoms with E-state index in [1.54, 1.807) is 6.07 Å². The summed E-state index contributed by atoms with van der Waals surface area (Å²) in [7, 11) is 0. The third-order valence-corrected chi connectivity index (χ3v) is 4.90. The summed E-state index contributed by atoms with van der Waals surface area (Å²) in [6.45, 7) is 3.23. The molecule has 1 aliphatic heterocycles. The fraction of sp³-hybridized carbons (Fsp3) is 0.286. The first-order chi connectivity index (χ1) is 13.2. The standard InChI is InChI=1S/C21H22N4O2/c26-20(15-25-19-6-2-1-5-18(19)22-13-21(25)27)23-17-9-7-16(8-10-17)14-24-11-3-4-12-24/h1-2,5-10,13H,3-4,11-12,14-15H2,(H,23,26). The van der Waals surface area contributed by atoms with E-state index in [9.17, 15) is 9.59 Å². The third-order valence-electron chi connectivity index (χ3n) is 4.90. The summed E-state index contributed by atoms with van der Waals surface area (Å²) in [5.74, 6) is -0.235. The van der Waals surface area contributed by atoms with Crippen LogP contribution in [0.15, 0.2) is 59.5 Å². The molecule has 1 aromatic heterocycles. The number of amides is 1. The summed E-state index contributed by atoms with van der Waals surface area (Å²) in [6.07, 6.45) is 3.80. The van der Waals surface area contributed by atoms with Gasteiger partial charge in [-0.05, 0) is 55.8 Å². The number of rotatable bonds is 5. The zero-order valence-electron chi connectivity index (χ0n) is 15.1. The number of likely N-dealkylation sites (tertiary alicyclic amines) is 1. The molecule has 0 bridgehead atoms. The average Bonchev–Trinajstić information content (AvgIpc) is 3.19. The molecular weight excluding hydrogens is 340 g/mol. The van der Waals surface area contributed by atoms with Crippen molar-refractivity contribution >= 4 is 22.6 Å². The van der Waals surface area contributed by atoms with E-state index in [4.69, 9.17) is 0 Å². The molecule has 138 valence electrons. The van der Waals surface area contributed by atoms with Gasteiger partial charge in [0, 0.05) is 12.2 Å². The highest BCUT2D eigenvalue weighted by molar-refractivity contribution is 5.91. The predicted octanol–water partition coefficient (Wildman–Crippen LogP) is 2.63. The van der Waals surface area contributed by atoms with Gasteiger partial charge in [-0.3, -0.25) is 19.1 Å². The van der Waals surface area contributed by atoms with Crippen LogP contribution in [0.3, 0.4) is 0 Å². The fourth-order valence-corrected chi connectivity index (χ4v) is 3.51. The molecule has 1 aliphatic rings. The van der Waals surface area contributed by atoms with Crippen molar-refractivity contribution in [2.24, 2.45) is 0 Å². The molecule has 0 atom stereocenters. The van der Waals surface area contributed by atoms with Gasteiger partial charge in [0.25, 0.3) is 5.56 Å². The van der Waals surface area contributed by atoms with Crippen LogP contribution in [0.1, 0.15) is 18.4 Å². The zero-order chi connectivity index (χ0) is 18.6. The highest BCUT2D eigenvalue weighted by Gasteiger charge is 2.12. The lowest BCUT2D eigenvalue weighted by Crippen LogP contribution is -2.28. The molecule has 0 unspecified atom stereocenters. The number of fused-ring (bicyclic) bond motifs is 1. The number of nitrogens with one attached hydrogen (secondary N) is 1. The number of benzene rings is 2. The van der Waals surface area contributed by atoms with Gasteiger partial charge in [-0.25, -0.2) is 4.98 Å². The SMILES string of the molecule is O=C(Cn1c(=O)cnc2ccccc21)Nc1ccc(CN2CCCC2)cc1. The topological polar surface area (TPSA) is 67.2 Å². The first-order valence-corrected chi connectivity index (χ1v) is 9.25. The van der Waals surface area contributed by atoms with E-state index in [0.717, 1.165) is 25.3 Å². The molecule has 0 aliphatic carbocycles. The van der Waals surface area contributed by atoms with Gasteiger partial charge in [0.1, 0.15) is 6.54 Å². The van der Waals surface area contributed by atoms with Crippen LogP contribution in [-0.2, 0) is 17.9 Å². The molecule has 4 rings (SSSR count). The van der Waals surface area contributed by atoms with Gasteiger partial charge >= 0.3 is 0 Å². The highest BCUT2D eigenvalue weighted by atomic mass is 16.2. The van der Waals surface area contributed by atoms with Crippen molar-refractivity contribution in [3.05, 3.63) is 70.6 Å². The Morgan fingerprint density at radius 2 is 1.78 bits per heavy atom. The van der Waals surface area contributed by atoms with Gasteiger partial charge in [-0.15, -0.1) is 0 Å². The normalized spacial score (nSPS) is 14.5. The Balaban J connectivity index is 1.44. The largest absolute Gasteiger partial charge is 0.325 e. The monoisotopic (exact) mass is 362 g/mol. The first kappa shape index (κ1) is 17.4. The summed E-state index contributed by atoms with van der Waals surface area (Å²) in [6, 6.07) is 15.2. The molecule has 0 radical (unpaired) electrons. The van der Waals surface area contributed by atoms with Gasteiger partial charge in [-0.1, -0.05) is 24.3 Å². The molecule has 1 N–H and O–H groups in total. The smallest absolute Gasteiger partial charge is 0.269 e. The maximum absolute atomic E-state index is 12.4. The number of carbonyl (C=O) groups is 1. The maximum atomic E-state index is 12.4. The van der Waals surface area contributed by atoms with E-state index < -0.39 is 0 Å². The van der Waals surface area contributed by atoms with E-state index >= 15 is 0 Å². The second-order valence-corrected chi connectivity index (χ2v) is 6.90. The van der Waals surface area contributed by atoms with Crippen LogP contribution in [0.5, 0.6) is 0 Å². The third kappa shape index (κ3) is 4.06. The van der Waals surface area contributed by atoms with Crippen molar-refractivity contribution in [3.8, 4) is 0 Å². The molecule has 0 saturated carbocycles. The number of anilines is 1. The van der Waals surface area contributed by atoms with Crippen molar-refractivity contribution in [3.63, 3.8) is 0 Å². The van der Waals surface area contributed by atoms with E-state index in [2.05, 4.69) is 15.2 Å². The molecule has 1 saturated heterocycles. The number of carbonyl (C=O) groups excluding carboxylic acids is 1. The van der Waals surface area contributed by atoms with Crippen LogP contribution in [0.25, 0.3) is 11.0 Å². The lowest BCUT2D eigenvalue weighted by atomic mass is 10.2. The minimum absolute atomic E-state index is 0.0443. The van der Waals surface area contributed by atoms with Crippen molar-refractivity contribution in [1.82, 2.24) is 14.5 Å². The predicted molar refractivity (Wildman–Crippen MR) is 106 cm³/mol. The van der Waals surface area contributed by atoms with Crippen LogP contribution in [0, 0.1) is 0 Å². The molecule has 2 aromatic carbocycles. The number of aromatic nitrogens is 2. The Hall–Kier alpha value is -2.99. The quantitative estimate of drug-likeness (QED) is 0.758. The maximum Gasteiger partial charge on any atom is 0.269 e. The average molecular weight is 362 g/mol. The van der Waals surface area contributed by atoms with Gasteiger partial charge < -0.3 is 5.32 Å².